The molecule has 1 N–H and O–H groups in total. The lowest BCUT2D eigenvalue weighted by atomic mass is 9.84. The Bertz CT molecular complexity index is 1160. The summed E-state index contributed by atoms with van der Waals surface area (Å²) in [4.78, 5) is 44.7. The molecule has 4 rings (SSSR count). The number of alkyl halides is 3. The van der Waals surface area contributed by atoms with E-state index in [1.54, 1.807) is 19.9 Å². The van der Waals surface area contributed by atoms with Gasteiger partial charge in [0.15, 0.2) is 0 Å². The van der Waals surface area contributed by atoms with Gasteiger partial charge in [-0.25, -0.2) is 14.7 Å². The minimum absolute atomic E-state index is 0.0264. The molecule has 1 aromatic heterocycles. The Kier molecular flexibility index (Phi) is 5.03. The molecule has 174 valence electrons. The van der Waals surface area contributed by atoms with Crippen molar-refractivity contribution in [2.45, 2.75) is 57.8 Å². The minimum Gasteiger partial charge on any atom is -0.310 e. The summed E-state index contributed by atoms with van der Waals surface area (Å²) < 4.78 is 40.1. The van der Waals surface area contributed by atoms with E-state index in [4.69, 9.17) is 0 Å². The SMILES string of the molecule is CC1(C)C(=O)N(c2ccc(C(C)(C)C(F)(F)F)cc2)C(=O)N1Cc1ccnc2c1CC(=O)N2. The average Bonchev–Trinajstić information content (AvgIpc) is 3.18. The lowest BCUT2D eigenvalue weighted by molar-refractivity contribution is -0.180. The number of nitrogens with one attached hydrogen (secondary N) is 1. The van der Waals surface area contributed by atoms with Crippen LogP contribution >= 0.6 is 0 Å². The molecule has 33 heavy (non-hydrogen) atoms. The van der Waals surface area contributed by atoms with Crippen LogP contribution in [0.5, 0.6) is 0 Å². The molecule has 0 atom stereocenters. The topological polar surface area (TPSA) is 82.6 Å². The third-order valence-electron chi connectivity index (χ3n) is 6.46. The van der Waals surface area contributed by atoms with Crippen molar-refractivity contribution in [2.24, 2.45) is 0 Å². The molecule has 2 aromatic rings. The second-order valence-corrected chi connectivity index (χ2v) is 9.26. The van der Waals surface area contributed by atoms with E-state index < -0.39 is 29.1 Å². The molecule has 3 heterocycles. The number of amides is 4. The first-order valence-corrected chi connectivity index (χ1v) is 10.3. The monoisotopic (exact) mass is 460 g/mol. The number of imide groups is 1. The second-order valence-electron chi connectivity index (χ2n) is 9.26. The van der Waals surface area contributed by atoms with Crippen LogP contribution in [-0.4, -0.2) is 39.4 Å². The van der Waals surface area contributed by atoms with Gasteiger partial charge in [0.05, 0.1) is 17.5 Å². The van der Waals surface area contributed by atoms with Gasteiger partial charge in [0.2, 0.25) is 5.91 Å². The van der Waals surface area contributed by atoms with Crippen molar-refractivity contribution in [1.82, 2.24) is 9.88 Å². The molecule has 0 spiro atoms. The summed E-state index contributed by atoms with van der Waals surface area (Å²) in [6, 6.07) is 6.38. The van der Waals surface area contributed by atoms with Crippen LogP contribution in [0.15, 0.2) is 36.5 Å². The largest absolute Gasteiger partial charge is 0.397 e. The molecule has 0 unspecified atom stereocenters. The molecule has 1 fully saturated rings. The summed E-state index contributed by atoms with van der Waals surface area (Å²) in [5, 5.41) is 2.66. The fourth-order valence-electron chi connectivity index (χ4n) is 4.01. The van der Waals surface area contributed by atoms with E-state index in [1.807, 2.05) is 0 Å². The molecule has 0 aliphatic carbocycles. The summed E-state index contributed by atoms with van der Waals surface area (Å²) in [5.74, 6) is -0.250. The maximum atomic E-state index is 13.4. The molecule has 0 radical (unpaired) electrons. The van der Waals surface area contributed by atoms with Crippen molar-refractivity contribution in [3.8, 4) is 0 Å². The lowest BCUT2D eigenvalue weighted by Crippen LogP contribution is -2.43. The van der Waals surface area contributed by atoms with Gasteiger partial charge in [0.1, 0.15) is 11.4 Å². The van der Waals surface area contributed by atoms with E-state index in [1.165, 1.54) is 35.4 Å². The fraction of sp³-hybridized carbons (Fsp3) is 0.391. The molecule has 1 saturated heterocycles. The van der Waals surface area contributed by atoms with Crippen molar-refractivity contribution in [3.05, 3.63) is 53.2 Å². The Balaban J connectivity index is 1.64. The predicted octanol–water partition coefficient (Wildman–Crippen LogP) is 4.16. The number of anilines is 2. The van der Waals surface area contributed by atoms with Gasteiger partial charge in [-0.15, -0.1) is 0 Å². The Morgan fingerprint density at radius 1 is 1.06 bits per heavy atom. The normalized spacial score (nSPS) is 18.1. The van der Waals surface area contributed by atoms with Crippen LogP contribution in [0.2, 0.25) is 0 Å². The van der Waals surface area contributed by atoms with E-state index in [9.17, 15) is 27.6 Å². The smallest absolute Gasteiger partial charge is 0.310 e. The maximum absolute atomic E-state index is 13.4. The maximum Gasteiger partial charge on any atom is 0.397 e. The molecular weight excluding hydrogens is 437 g/mol. The van der Waals surface area contributed by atoms with Crippen molar-refractivity contribution < 1.29 is 27.6 Å². The van der Waals surface area contributed by atoms with Gasteiger partial charge in [-0.05, 0) is 57.0 Å². The van der Waals surface area contributed by atoms with Gasteiger partial charge in [-0.3, -0.25) is 9.59 Å². The van der Waals surface area contributed by atoms with Crippen LogP contribution in [0.25, 0.3) is 0 Å². The number of carbonyl (C=O) groups excluding carboxylic acids is 3. The van der Waals surface area contributed by atoms with Crippen molar-refractivity contribution in [3.63, 3.8) is 0 Å². The highest BCUT2D eigenvalue weighted by atomic mass is 19.4. The van der Waals surface area contributed by atoms with E-state index in [0.29, 0.717) is 16.9 Å². The Labute approximate surface area is 188 Å². The predicted molar refractivity (Wildman–Crippen MR) is 115 cm³/mol. The van der Waals surface area contributed by atoms with Gasteiger partial charge >= 0.3 is 12.2 Å². The summed E-state index contributed by atoms with van der Waals surface area (Å²) in [7, 11) is 0. The zero-order valence-electron chi connectivity index (χ0n) is 18.6. The molecule has 7 nitrogen and oxygen atoms in total. The quantitative estimate of drug-likeness (QED) is 0.695. The Morgan fingerprint density at radius 3 is 2.30 bits per heavy atom. The highest BCUT2D eigenvalue weighted by molar-refractivity contribution is 6.23. The third kappa shape index (κ3) is 3.53. The Morgan fingerprint density at radius 2 is 1.70 bits per heavy atom. The van der Waals surface area contributed by atoms with Gasteiger partial charge in [0.25, 0.3) is 5.91 Å². The van der Waals surface area contributed by atoms with Crippen molar-refractivity contribution in [2.75, 3.05) is 10.2 Å². The number of hydrogen-bond donors (Lipinski definition) is 1. The molecule has 1 aromatic carbocycles. The fourth-order valence-corrected chi connectivity index (χ4v) is 4.01. The van der Waals surface area contributed by atoms with Crippen LogP contribution < -0.4 is 10.2 Å². The van der Waals surface area contributed by atoms with Crippen LogP contribution in [0.4, 0.5) is 29.5 Å². The number of aromatic nitrogens is 1. The molecule has 4 amide bonds. The molecule has 10 heteroatoms. The van der Waals surface area contributed by atoms with Crippen LogP contribution in [0.1, 0.15) is 44.4 Å². The van der Waals surface area contributed by atoms with Crippen LogP contribution in [0.3, 0.4) is 0 Å². The van der Waals surface area contributed by atoms with Gasteiger partial charge < -0.3 is 10.2 Å². The number of halogens is 3. The molecular formula is C23H23F3N4O3. The number of pyridine rings is 1. The van der Waals surface area contributed by atoms with Crippen molar-refractivity contribution in [1.29, 1.82) is 0 Å². The highest BCUT2D eigenvalue weighted by Crippen LogP contribution is 2.41. The number of rotatable bonds is 4. The van der Waals surface area contributed by atoms with Crippen LogP contribution in [0, 0.1) is 0 Å². The summed E-state index contributed by atoms with van der Waals surface area (Å²) >= 11 is 0. The van der Waals surface area contributed by atoms with E-state index in [0.717, 1.165) is 18.7 Å². The van der Waals surface area contributed by atoms with Gasteiger partial charge in [0, 0.05) is 18.3 Å². The number of urea groups is 1. The standard InChI is InChI=1S/C23H23F3N4O3/c1-21(2,23(24,25)26)14-5-7-15(8-6-14)30-19(32)22(3,4)29(20(30)33)12-13-9-10-27-18-16(13)11-17(31)28-18/h5-10H,11-12H2,1-4H3,(H,27,28,31). The van der Waals surface area contributed by atoms with E-state index in [2.05, 4.69) is 10.3 Å². The summed E-state index contributed by atoms with van der Waals surface area (Å²) in [6.45, 7) is 5.45. The lowest BCUT2D eigenvalue weighted by Gasteiger charge is -2.28. The highest BCUT2D eigenvalue weighted by Gasteiger charge is 2.52. The number of hydrogen-bond acceptors (Lipinski definition) is 4. The van der Waals surface area contributed by atoms with E-state index in [-0.39, 0.29) is 30.1 Å². The third-order valence-corrected chi connectivity index (χ3v) is 6.46. The first-order valence-electron chi connectivity index (χ1n) is 10.3. The minimum atomic E-state index is -4.45. The van der Waals surface area contributed by atoms with Crippen molar-refractivity contribution >= 4 is 29.4 Å². The zero-order chi connectivity index (χ0) is 24.3. The van der Waals surface area contributed by atoms with Gasteiger partial charge in [-0.2, -0.15) is 13.2 Å². The van der Waals surface area contributed by atoms with Gasteiger partial charge in [-0.1, -0.05) is 12.1 Å². The molecule has 0 saturated carbocycles. The number of benzene rings is 1. The number of carbonyl (C=O) groups is 3. The number of fused-ring (bicyclic) bond motifs is 1. The molecule has 0 bridgehead atoms. The second kappa shape index (κ2) is 7.29. The number of nitrogens with zero attached hydrogens (tertiary/aromatic N) is 3. The summed E-state index contributed by atoms with van der Waals surface area (Å²) in [6.07, 6.45) is -2.79. The first-order chi connectivity index (χ1) is 15.2. The van der Waals surface area contributed by atoms with Crippen LogP contribution in [-0.2, 0) is 28.0 Å². The first kappa shape index (κ1) is 22.8. The van der Waals surface area contributed by atoms with E-state index >= 15 is 0 Å². The Hall–Kier alpha value is -3.43. The average molecular weight is 460 g/mol. The summed E-state index contributed by atoms with van der Waals surface area (Å²) in [5.41, 5.74) is -1.69. The molecule has 2 aliphatic heterocycles. The zero-order valence-corrected chi connectivity index (χ0v) is 18.6. The molecule has 2 aliphatic rings.